The molecule has 20 heavy (non-hydrogen) atoms. The molecule has 2 unspecified atom stereocenters. The molecule has 0 aliphatic heterocycles. The first kappa shape index (κ1) is 14.0. The lowest BCUT2D eigenvalue weighted by Crippen LogP contribution is -2.43. The Bertz CT molecular complexity index is 556. The Hall–Kier alpha value is -2.37. The largest absolute Gasteiger partial charge is 0.481 e. The molecule has 1 aliphatic rings. The van der Waals surface area contributed by atoms with Crippen molar-refractivity contribution < 1.29 is 19.5 Å². The van der Waals surface area contributed by atoms with Gasteiger partial charge < -0.3 is 16.2 Å². The third-order valence-electron chi connectivity index (χ3n) is 3.61. The number of hydrogen-bond acceptors (Lipinski definition) is 3. The number of carboxylic acid groups (broad SMARTS) is 1. The fourth-order valence-corrected chi connectivity index (χ4v) is 2.26. The summed E-state index contributed by atoms with van der Waals surface area (Å²) in [5, 5.41) is 11.6. The highest BCUT2D eigenvalue weighted by molar-refractivity contribution is 5.93. The second-order valence-corrected chi connectivity index (χ2v) is 4.91. The van der Waals surface area contributed by atoms with Gasteiger partial charge in [0.1, 0.15) is 0 Å². The predicted octanol–water partition coefficient (Wildman–Crippen LogP) is 0.512. The van der Waals surface area contributed by atoms with E-state index in [4.69, 9.17) is 10.8 Å². The zero-order valence-corrected chi connectivity index (χ0v) is 10.8. The molecule has 1 fully saturated rings. The molecule has 1 aromatic carbocycles. The minimum atomic E-state index is -0.924. The van der Waals surface area contributed by atoms with Gasteiger partial charge in [-0.15, -0.1) is 0 Å². The molecule has 1 aromatic rings. The highest BCUT2D eigenvalue weighted by Gasteiger charge is 2.41. The van der Waals surface area contributed by atoms with E-state index in [2.05, 4.69) is 5.32 Å². The number of aliphatic carboxylic acids is 1. The zero-order chi connectivity index (χ0) is 14.7. The van der Waals surface area contributed by atoms with E-state index in [0.29, 0.717) is 18.4 Å². The molecular weight excluding hydrogens is 260 g/mol. The lowest BCUT2D eigenvalue weighted by Gasteiger charge is -2.31. The molecule has 6 nitrogen and oxygen atoms in total. The van der Waals surface area contributed by atoms with Crippen molar-refractivity contribution in [2.45, 2.75) is 19.4 Å². The molecule has 1 aliphatic carbocycles. The third kappa shape index (κ3) is 2.96. The molecule has 0 aromatic heterocycles. The van der Waals surface area contributed by atoms with Gasteiger partial charge in [-0.25, -0.2) is 0 Å². The summed E-state index contributed by atoms with van der Waals surface area (Å²) in [5.74, 6) is -2.73. The summed E-state index contributed by atoms with van der Waals surface area (Å²) in [6, 6.07) is 6.66. The number of rotatable bonds is 5. The summed E-state index contributed by atoms with van der Waals surface area (Å²) in [6.45, 7) is 0.253. The molecule has 0 saturated heterocycles. The van der Waals surface area contributed by atoms with Crippen LogP contribution in [0.25, 0.3) is 0 Å². The minimum absolute atomic E-state index is 0.253. The molecule has 2 atom stereocenters. The number of amides is 2. The van der Waals surface area contributed by atoms with Crippen molar-refractivity contribution in [3.63, 3.8) is 0 Å². The normalized spacial score (nSPS) is 20.8. The Kier molecular flexibility index (Phi) is 4.02. The Morgan fingerprint density at radius 3 is 2.50 bits per heavy atom. The Morgan fingerprint density at radius 2 is 1.95 bits per heavy atom. The summed E-state index contributed by atoms with van der Waals surface area (Å²) < 4.78 is 0. The average molecular weight is 276 g/mol. The van der Waals surface area contributed by atoms with E-state index in [0.717, 1.165) is 5.56 Å². The van der Waals surface area contributed by atoms with E-state index in [1.807, 2.05) is 0 Å². The van der Waals surface area contributed by atoms with E-state index in [1.165, 1.54) is 0 Å². The van der Waals surface area contributed by atoms with Gasteiger partial charge in [0.05, 0.1) is 11.8 Å². The molecule has 106 valence electrons. The fraction of sp³-hybridized carbons (Fsp3) is 0.357. The molecule has 0 radical (unpaired) electrons. The van der Waals surface area contributed by atoms with Gasteiger partial charge in [-0.3, -0.25) is 14.4 Å². The SMILES string of the molecule is NC(=O)c1cccc(CNC(=O)C2CCC2C(=O)O)c1. The van der Waals surface area contributed by atoms with Crippen molar-refractivity contribution in [3.05, 3.63) is 35.4 Å². The van der Waals surface area contributed by atoms with E-state index >= 15 is 0 Å². The first-order chi connectivity index (χ1) is 9.49. The average Bonchev–Trinajstić information content (AvgIpc) is 2.34. The summed E-state index contributed by atoms with van der Waals surface area (Å²) in [4.78, 5) is 33.8. The maximum atomic E-state index is 11.9. The summed E-state index contributed by atoms with van der Waals surface area (Å²) >= 11 is 0. The third-order valence-corrected chi connectivity index (χ3v) is 3.61. The molecule has 0 bridgehead atoms. The van der Waals surface area contributed by atoms with Crippen LogP contribution in [0.3, 0.4) is 0 Å². The molecule has 0 spiro atoms. The highest BCUT2D eigenvalue weighted by Crippen LogP contribution is 2.34. The lowest BCUT2D eigenvalue weighted by molar-refractivity contribution is -0.152. The summed E-state index contributed by atoms with van der Waals surface area (Å²) in [5.41, 5.74) is 6.31. The smallest absolute Gasteiger partial charge is 0.307 e. The van der Waals surface area contributed by atoms with Crippen molar-refractivity contribution in [2.75, 3.05) is 0 Å². The van der Waals surface area contributed by atoms with Crippen molar-refractivity contribution >= 4 is 17.8 Å². The van der Waals surface area contributed by atoms with E-state index in [9.17, 15) is 14.4 Å². The second kappa shape index (κ2) is 5.73. The first-order valence-electron chi connectivity index (χ1n) is 6.38. The number of carbonyl (C=O) groups is 3. The molecule has 2 rings (SSSR count). The van der Waals surface area contributed by atoms with Gasteiger partial charge in [0, 0.05) is 12.1 Å². The molecular formula is C14H16N2O4. The number of carbonyl (C=O) groups excluding carboxylic acids is 2. The molecule has 0 heterocycles. The quantitative estimate of drug-likeness (QED) is 0.728. The molecule has 4 N–H and O–H groups in total. The van der Waals surface area contributed by atoms with Crippen LogP contribution in [0.15, 0.2) is 24.3 Å². The van der Waals surface area contributed by atoms with Crippen LogP contribution in [-0.2, 0) is 16.1 Å². The van der Waals surface area contributed by atoms with E-state index in [1.54, 1.807) is 24.3 Å². The number of carboxylic acids is 1. The minimum Gasteiger partial charge on any atom is -0.481 e. The topological polar surface area (TPSA) is 109 Å². The lowest BCUT2D eigenvalue weighted by atomic mass is 9.73. The summed E-state index contributed by atoms with van der Waals surface area (Å²) in [6.07, 6.45) is 1.15. The van der Waals surface area contributed by atoms with Gasteiger partial charge >= 0.3 is 5.97 Å². The van der Waals surface area contributed by atoms with Crippen LogP contribution in [0.1, 0.15) is 28.8 Å². The number of benzene rings is 1. The van der Waals surface area contributed by atoms with Crippen molar-refractivity contribution in [1.82, 2.24) is 5.32 Å². The highest BCUT2D eigenvalue weighted by atomic mass is 16.4. The van der Waals surface area contributed by atoms with Gasteiger partial charge in [0.25, 0.3) is 0 Å². The van der Waals surface area contributed by atoms with Crippen LogP contribution in [0, 0.1) is 11.8 Å². The van der Waals surface area contributed by atoms with Crippen molar-refractivity contribution in [1.29, 1.82) is 0 Å². The monoisotopic (exact) mass is 276 g/mol. The van der Waals surface area contributed by atoms with E-state index < -0.39 is 23.7 Å². The zero-order valence-electron chi connectivity index (χ0n) is 10.8. The molecule has 6 heteroatoms. The van der Waals surface area contributed by atoms with Gasteiger partial charge in [0.15, 0.2) is 0 Å². The van der Waals surface area contributed by atoms with Gasteiger partial charge in [-0.2, -0.15) is 0 Å². The van der Waals surface area contributed by atoms with Crippen LogP contribution < -0.4 is 11.1 Å². The van der Waals surface area contributed by atoms with Crippen LogP contribution in [0.2, 0.25) is 0 Å². The van der Waals surface area contributed by atoms with E-state index in [-0.39, 0.29) is 12.5 Å². The van der Waals surface area contributed by atoms with Gasteiger partial charge in [0.2, 0.25) is 11.8 Å². The predicted molar refractivity (Wildman–Crippen MR) is 70.7 cm³/mol. The van der Waals surface area contributed by atoms with Crippen LogP contribution >= 0.6 is 0 Å². The van der Waals surface area contributed by atoms with Gasteiger partial charge in [-0.1, -0.05) is 12.1 Å². The van der Waals surface area contributed by atoms with Crippen LogP contribution in [-0.4, -0.2) is 22.9 Å². The van der Waals surface area contributed by atoms with Gasteiger partial charge in [-0.05, 0) is 30.5 Å². The second-order valence-electron chi connectivity index (χ2n) is 4.91. The maximum absolute atomic E-state index is 11.9. The Balaban J connectivity index is 1.92. The number of hydrogen-bond donors (Lipinski definition) is 3. The first-order valence-corrected chi connectivity index (χ1v) is 6.38. The van der Waals surface area contributed by atoms with Crippen molar-refractivity contribution in [2.24, 2.45) is 17.6 Å². The maximum Gasteiger partial charge on any atom is 0.307 e. The summed E-state index contributed by atoms with van der Waals surface area (Å²) in [7, 11) is 0. The standard InChI is InChI=1S/C14H16N2O4/c15-12(17)9-3-1-2-8(6-9)7-16-13(18)10-4-5-11(10)14(19)20/h1-3,6,10-11H,4-5,7H2,(H2,15,17)(H,16,18)(H,19,20). The number of nitrogens with one attached hydrogen (secondary N) is 1. The molecule has 2 amide bonds. The number of primary amides is 1. The van der Waals surface area contributed by atoms with Crippen LogP contribution in [0.4, 0.5) is 0 Å². The molecule has 1 saturated carbocycles. The van der Waals surface area contributed by atoms with Crippen LogP contribution in [0.5, 0.6) is 0 Å². The Morgan fingerprint density at radius 1 is 1.25 bits per heavy atom. The fourth-order valence-electron chi connectivity index (χ4n) is 2.26. The van der Waals surface area contributed by atoms with Crippen molar-refractivity contribution in [3.8, 4) is 0 Å². The Labute approximate surface area is 116 Å². The number of nitrogens with two attached hydrogens (primary N) is 1.